The van der Waals surface area contributed by atoms with Crippen LogP contribution in [-0.4, -0.2) is 40.1 Å². The Balaban J connectivity index is 1.75. The molecule has 29 heavy (non-hydrogen) atoms. The zero-order valence-electron chi connectivity index (χ0n) is 16.5. The number of carbonyl (C=O) groups is 1. The number of nitrogens with one attached hydrogen (secondary N) is 2. The fourth-order valence-corrected chi connectivity index (χ4v) is 4.02. The number of ether oxygens (including phenoxy) is 1. The first-order valence-electron chi connectivity index (χ1n) is 9.37. The summed E-state index contributed by atoms with van der Waals surface area (Å²) in [4.78, 5) is 17.9. The molecule has 0 radical (unpaired) electrons. The van der Waals surface area contributed by atoms with Crippen molar-refractivity contribution in [2.24, 2.45) is 5.92 Å². The summed E-state index contributed by atoms with van der Waals surface area (Å²) in [6.07, 6.45) is 1.94. The third kappa shape index (κ3) is 3.80. The Bertz CT molecular complexity index is 990. The van der Waals surface area contributed by atoms with Crippen molar-refractivity contribution in [3.05, 3.63) is 60.2 Å². The van der Waals surface area contributed by atoms with E-state index in [9.17, 15) is 4.79 Å². The summed E-state index contributed by atoms with van der Waals surface area (Å²) < 4.78 is 7.11. The van der Waals surface area contributed by atoms with Crippen molar-refractivity contribution in [1.82, 2.24) is 14.8 Å². The SMILES string of the molecule is COc1ccc(C2C(C(=O)Nc3ccccc3)C(C)Nc3nc(SC)nn32)cc1. The van der Waals surface area contributed by atoms with Crippen LogP contribution in [0.15, 0.2) is 59.8 Å². The van der Waals surface area contributed by atoms with E-state index in [0.29, 0.717) is 11.1 Å². The number of thioether (sulfide) groups is 1. The van der Waals surface area contributed by atoms with Crippen molar-refractivity contribution in [3.63, 3.8) is 0 Å². The standard InChI is InChI=1S/C21H23N5O2S/c1-13-17(19(27)23-15-7-5-4-6-8-15)18(14-9-11-16(28-2)12-10-14)26-20(22-13)24-21(25-26)29-3/h4-13,17-18H,1-3H3,(H,23,27)(H,22,24,25). The van der Waals surface area contributed by atoms with Crippen LogP contribution in [0.4, 0.5) is 11.6 Å². The van der Waals surface area contributed by atoms with Gasteiger partial charge >= 0.3 is 0 Å². The van der Waals surface area contributed by atoms with Gasteiger partial charge in [-0.25, -0.2) is 4.68 Å². The molecule has 1 amide bonds. The molecule has 150 valence electrons. The van der Waals surface area contributed by atoms with E-state index >= 15 is 0 Å². The lowest BCUT2D eigenvalue weighted by atomic mass is 9.85. The van der Waals surface area contributed by atoms with Crippen molar-refractivity contribution in [1.29, 1.82) is 0 Å². The number of aromatic nitrogens is 3. The van der Waals surface area contributed by atoms with Gasteiger partial charge in [0, 0.05) is 11.7 Å². The van der Waals surface area contributed by atoms with Crippen LogP contribution in [0.1, 0.15) is 18.5 Å². The predicted octanol–water partition coefficient (Wildman–Crippen LogP) is 3.67. The molecule has 2 N–H and O–H groups in total. The summed E-state index contributed by atoms with van der Waals surface area (Å²) in [7, 11) is 1.64. The second-order valence-electron chi connectivity index (χ2n) is 6.90. The highest BCUT2D eigenvalue weighted by Gasteiger charge is 2.42. The molecule has 8 heteroatoms. The maximum absolute atomic E-state index is 13.3. The summed E-state index contributed by atoms with van der Waals surface area (Å²) in [5.41, 5.74) is 1.75. The van der Waals surface area contributed by atoms with Crippen LogP contribution in [0.25, 0.3) is 0 Å². The molecular weight excluding hydrogens is 386 g/mol. The number of amides is 1. The highest BCUT2D eigenvalue weighted by atomic mass is 32.2. The highest BCUT2D eigenvalue weighted by molar-refractivity contribution is 7.98. The van der Waals surface area contributed by atoms with Crippen molar-refractivity contribution >= 4 is 29.3 Å². The number of benzene rings is 2. The van der Waals surface area contributed by atoms with Gasteiger partial charge in [-0.3, -0.25) is 4.79 Å². The Labute approximate surface area is 173 Å². The van der Waals surface area contributed by atoms with E-state index < -0.39 is 0 Å². The summed E-state index contributed by atoms with van der Waals surface area (Å²) in [5.74, 6) is 0.993. The van der Waals surface area contributed by atoms with Crippen LogP contribution < -0.4 is 15.4 Å². The summed E-state index contributed by atoms with van der Waals surface area (Å²) in [6, 6.07) is 16.8. The average Bonchev–Trinajstić information content (AvgIpc) is 3.16. The van der Waals surface area contributed by atoms with Crippen molar-refractivity contribution < 1.29 is 9.53 Å². The van der Waals surface area contributed by atoms with Gasteiger partial charge in [0.25, 0.3) is 0 Å². The molecule has 2 aromatic carbocycles. The number of para-hydroxylation sites is 1. The van der Waals surface area contributed by atoms with Gasteiger partial charge in [-0.2, -0.15) is 4.98 Å². The molecule has 3 unspecified atom stereocenters. The Morgan fingerprint density at radius 2 is 1.90 bits per heavy atom. The molecule has 7 nitrogen and oxygen atoms in total. The van der Waals surface area contributed by atoms with Gasteiger partial charge in [-0.15, -0.1) is 5.10 Å². The monoisotopic (exact) mass is 409 g/mol. The van der Waals surface area contributed by atoms with Crippen LogP contribution in [0, 0.1) is 5.92 Å². The van der Waals surface area contributed by atoms with E-state index in [2.05, 4.69) is 20.7 Å². The smallest absolute Gasteiger partial charge is 0.232 e. The fourth-order valence-electron chi connectivity index (χ4n) is 3.67. The molecule has 0 saturated heterocycles. The van der Waals surface area contributed by atoms with Gasteiger partial charge < -0.3 is 15.4 Å². The summed E-state index contributed by atoms with van der Waals surface area (Å²) >= 11 is 1.48. The van der Waals surface area contributed by atoms with Crippen LogP contribution in [0.2, 0.25) is 0 Å². The molecule has 0 spiro atoms. The number of nitrogens with zero attached hydrogens (tertiary/aromatic N) is 3. The molecule has 3 aromatic rings. The Morgan fingerprint density at radius 3 is 2.55 bits per heavy atom. The Morgan fingerprint density at radius 1 is 1.17 bits per heavy atom. The summed E-state index contributed by atoms with van der Waals surface area (Å²) in [6.45, 7) is 2.00. The first-order chi connectivity index (χ1) is 14.1. The average molecular weight is 410 g/mol. The second kappa shape index (κ2) is 8.16. The third-order valence-electron chi connectivity index (χ3n) is 5.09. The quantitative estimate of drug-likeness (QED) is 0.626. The number of hydrogen-bond donors (Lipinski definition) is 2. The van der Waals surface area contributed by atoms with E-state index in [1.165, 1.54) is 11.8 Å². The number of rotatable bonds is 5. The van der Waals surface area contributed by atoms with E-state index in [-0.39, 0.29) is 23.9 Å². The number of anilines is 2. The number of fused-ring (bicyclic) bond motifs is 1. The molecule has 1 aliphatic heterocycles. The van der Waals surface area contributed by atoms with Gasteiger partial charge in [-0.1, -0.05) is 42.1 Å². The van der Waals surface area contributed by atoms with E-state index in [4.69, 9.17) is 4.74 Å². The maximum Gasteiger partial charge on any atom is 0.232 e. The normalized spacial score (nSPS) is 20.4. The van der Waals surface area contributed by atoms with Crippen LogP contribution in [0.3, 0.4) is 0 Å². The Hall–Kier alpha value is -3.00. The van der Waals surface area contributed by atoms with Gasteiger partial charge in [0.05, 0.1) is 19.1 Å². The van der Waals surface area contributed by atoms with E-state index in [1.54, 1.807) is 7.11 Å². The maximum atomic E-state index is 13.3. The number of carbonyl (C=O) groups excluding carboxylic acids is 1. The molecule has 0 saturated carbocycles. The minimum atomic E-state index is -0.382. The topological polar surface area (TPSA) is 81.1 Å². The van der Waals surface area contributed by atoms with Gasteiger partial charge in [0.1, 0.15) is 5.75 Å². The molecule has 1 aliphatic rings. The van der Waals surface area contributed by atoms with E-state index in [0.717, 1.165) is 17.0 Å². The number of methoxy groups -OCH3 is 1. The fraction of sp³-hybridized carbons (Fsp3) is 0.286. The molecule has 4 rings (SSSR count). The summed E-state index contributed by atoms with van der Waals surface area (Å²) in [5, 5.41) is 11.7. The zero-order chi connectivity index (χ0) is 20.4. The van der Waals surface area contributed by atoms with Crippen LogP contribution >= 0.6 is 11.8 Å². The first kappa shape index (κ1) is 19.3. The molecule has 1 aromatic heterocycles. The highest BCUT2D eigenvalue weighted by Crippen LogP contribution is 2.38. The number of hydrogen-bond acceptors (Lipinski definition) is 6. The largest absolute Gasteiger partial charge is 0.497 e. The van der Waals surface area contributed by atoms with Gasteiger partial charge in [0.15, 0.2) is 0 Å². The lowest BCUT2D eigenvalue weighted by Crippen LogP contribution is -2.46. The van der Waals surface area contributed by atoms with Crippen molar-refractivity contribution in [2.75, 3.05) is 24.0 Å². The minimum Gasteiger partial charge on any atom is -0.497 e. The second-order valence-corrected chi connectivity index (χ2v) is 7.67. The van der Waals surface area contributed by atoms with Crippen LogP contribution in [0.5, 0.6) is 5.75 Å². The van der Waals surface area contributed by atoms with Gasteiger partial charge in [-0.05, 0) is 43.0 Å². The lowest BCUT2D eigenvalue weighted by Gasteiger charge is -2.36. The molecule has 0 aliphatic carbocycles. The molecular formula is C21H23N5O2S. The zero-order valence-corrected chi connectivity index (χ0v) is 17.3. The minimum absolute atomic E-state index is 0.0659. The van der Waals surface area contributed by atoms with Crippen molar-refractivity contribution in [2.45, 2.75) is 24.2 Å². The Kier molecular flexibility index (Phi) is 5.44. The third-order valence-corrected chi connectivity index (χ3v) is 5.63. The van der Waals surface area contributed by atoms with Crippen LogP contribution in [-0.2, 0) is 4.79 Å². The van der Waals surface area contributed by atoms with Gasteiger partial charge in [0.2, 0.25) is 17.0 Å². The first-order valence-corrected chi connectivity index (χ1v) is 10.6. The van der Waals surface area contributed by atoms with Crippen molar-refractivity contribution in [3.8, 4) is 5.75 Å². The predicted molar refractivity (Wildman–Crippen MR) is 115 cm³/mol. The lowest BCUT2D eigenvalue weighted by molar-refractivity contribution is -0.121. The molecule has 2 heterocycles. The molecule has 0 fully saturated rings. The van der Waals surface area contributed by atoms with E-state index in [1.807, 2.05) is 72.5 Å². The molecule has 3 atom stereocenters. The molecule has 0 bridgehead atoms.